The van der Waals surface area contributed by atoms with Gasteiger partial charge in [-0.1, -0.05) is 0 Å². The van der Waals surface area contributed by atoms with Crippen molar-refractivity contribution in [2.75, 3.05) is 0 Å². The summed E-state index contributed by atoms with van der Waals surface area (Å²) in [5, 5.41) is 0. The van der Waals surface area contributed by atoms with Crippen molar-refractivity contribution < 1.29 is 0 Å². The van der Waals surface area contributed by atoms with Gasteiger partial charge in [0, 0.05) is 36.9 Å². The minimum absolute atomic E-state index is 1.16. The van der Waals surface area contributed by atoms with Crippen LogP contribution in [-0.2, 0) is 7.05 Å². The molecule has 0 aliphatic carbocycles. The van der Waals surface area contributed by atoms with Gasteiger partial charge in [0.25, 0.3) is 0 Å². The van der Waals surface area contributed by atoms with E-state index in [4.69, 9.17) is 0 Å². The smallest absolute Gasteiger partial charge is 0.0493 e. The van der Waals surface area contributed by atoms with Gasteiger partial charge in [-0.2, -0.15) is 0 Å². The first-order valence-corrected chi connectivity index (χ1v) is 3.89. The van der Waals surface area contributed by atoms with E-state index in [9.17, 15) is 0 Å². The Balaban J connectivity index is 2.51. The number of pyridine rings is 1. The molecule has 0 N–H and O–H groups in total. The molecule has 0 radical (unpaired) electrons. The Kier molecular flexibility index (Phi) is 1.67. The number of hydrogen-bond acceptors (Lipinski definition) is 1. The third kappa shape index (κ3) is 1.11. The van der Waals surface area contributed by atoms with Gasteiger partial charge in [-0.25, -0.2) is 0 Å². The minimum atomic E-state index is 1.16. The van der Waals surface area contributed by atoms with Crippen molar-refractivity contribution in [2.24, 2.45) is 7.05 Å². The second-order valence-electron chi connectivity index (χ2n) is 2.75. The zero-order valence-electron chi connectivity index (χ0n) is 6.94. The Hall–Kier alpha value is -1.57. The third-order valence-corrected chi connectivity index (χ3v) is 1.90. The normalized spacial score (nSPS) is 10.1. The van der Waals surface area contributed by atoms with Crippen LogP contribution in [0.1, 0.15) is 0 Å². The van der Waals surface area contributed by atoms with E-state index < -0.39 is 0 Å². The maximum absolute atomic E-state index is 4.07. The Bertz CT molecular complexity index is 362. The topological polar surface area (TPSA) is 17.8 Å². The number of aryl methyl sites for hydroxylation is 1. The van der Waals surface area contributed by atoms with Crippen LogP contribution in [-0.4, -0.2) is 9.55 Å². The van der Waals surface area contributed by atoms with E-state index in [-0.39, 0.29) is 0 Å². The SMILES string of the molecule is Cn1cccc1-c1cccnc1. The molecule has 0 fully saturated rings. The van der Waals surface area contributed by atoms with Gasteiger partial charge >= 0.3 is 0 Å². The van der Waals surface area contributed by atoms with E-state index in [0.717, 1.165) is 5.56 Å². The molecular formula is C10H10N2. The first-order chi connectivity index (χ1) is 5.88. The third-order valence-electron chi connectivity index (χ3n) is 1.90. The van der Waals surface area contributed by atoms with Gasteiger partial charge in [-0.05, 0) is 24.3 Å². The summed E-state index contributed by atoms with van der Waals surface area (Å²) in [6, 6.07) is 8.12. The van der Waals surface area contributed by atoms with Crippen LogP contribution in [0.2, 0.25) is 0 Å². The second-order valence-corrected chi connectivity index (χ2v) is 2.75. The summed E-state index contributed by atoms with van der Waals surface area (Å²) in [6.07, 6.45) is 5.68. The average Bonchev–Trinajstić information content (AvgIpc) is 2.53. The molecule has 0 saturated carbocycles. The zero-order valence-corrected chi connectivity index (χ0v) is 6.94. The lowest BCUT2D eigenvalue weighted by Gasteiger charge is -2.01. The summed E-state index contributed by atoms with van der Waals surface area (Å²) in [5.41, 5.74) is 2.35. The van der Waals surface area contributed by atoms with Crippen molar-refractivity contribution in [3.63, 3.8) is 0 Å². The lowest BCUT2D eigenvalue weighted by Crippen LogP contribution is -1.88. The highest BCUT2D eigenvalue weighted by atomic mass is 14.9. The molecular weight excluding hydrogens is 148 g/mol. The van der Waals surface area contributed by atoms with Gasteiger partial charge in [0.15, 0.2) is 0 Å². The summed E-state index contributed by atoms with van der Waals surface area (Å²) in [4.78, 5) is 4.07. The van der Waals surface area contributed by atoms with Crippen molar-refractivity contribution in [3.05, 3.63) is 42.9 Å². The monoisotopic (exact) mass is 158 g/mol. The molecule has 0 saturated heterocycles. The second kappa shape index (κ2) is 2.81. The van der Waals surface area contributed by atoms with Crippen LogP contribution in [0, 0.1) is 0 Å². The van der Waals surface area contributed by atoms with Crippen molar-refractivity contribution >= 4 is 0 Å². The van der Waals surface area contributed by atoms with Crippen LogP contribution in [0.4, 0.5) is 0 Å². The molecule has 2 heteroatoms. The summed E-state index contributed by atoms with van der Waals surface area (Å²) < 4.78 is 2.08. The average molecular weight is 158 g/mol. The maximum Gasteiger partial charge on any atom is 0.0493 e. The molecule has 0 unspecified atom stereocenters. The van der Waals surface area contributed by atoms with E-state index in [2.05, 4.69) is 21.7 Å². The van der Waals surface area contributed by atoms with E-state index >= 15 is 0 Å². The molecule has 60 valence electrons. The molecule has 0 aliphatic rings. The van der Waals surface area contributed by atoms with Crippen LogP contribution in [0.15, 0.2) is 42.9 Å². The summed E-state index contributed by atoms with van der Waals surface area (Å²) in [7, 11) is 2.03. The van der Waals surface area contributed by atoms with Crippen LogP contribution in [0.3, 0.4) is 0 Å². The number of nitrogens with zero attached hydrogens (tertiary/aromatic N) is 2. The Morgan fingerprint density at radius 3 is 2.75 bits per heavy atom. The molecule has 2 aromatic rings. The van der Waals surface area contributed by atoms with Gasteiger partial charge < -0.3 is 4.57 Å². The lowest BCUT2D eigenvalue weighted by molar-refractivity contribution is 0.936. The molecule has 0 bridgehead atoms. The maximum atomic E-state index is 4.07. The predicted molar refractivity (Wildman–Crippen MR) is 48.6 cm³/mol. The van der Waals surface area contributed by atoms with Gasteiger partial charge in [0.2, 0.25) is 0 Å². The van der Waals surface area contributed by atoms with E-state index in [1.165, 1.54) is 5.69 Å². The largest absolute Gasteiger partial charge is 0.351 e. The molecule has 2 rings (SSSR count). The van der Waals surface area contributed by atoms with Crippen LogP contribution in [0.5, 0.6) is 0 Å². The van der Waals surface area contributed by atoms with Gasteiger partial charge in [-0.3, -0.25) is 4.98 Å². The van der Waals surface area contributed by atoms with Crippen molar-refractivity contribution in [3.8, 4) is 11.3 Å². The fraction of sp³-hybridized carbons (Fsp3) is 0.100. The standard InChI is InChI=1S/C10H10N2/c1-12-7-3-5-10(12)9-4-2-6-11-8-9/h2-8H,1H3. The van der Waals surface area contributed by atoms with Crippen LogP contribution < -0.4 is 0 Å². The molecule has 0 amide bonds. The highest BCUT2D eigenvalue weighted by Gasteiger charge is 1.98. The molecule has 0 aromatic carbocycles. The van der Waals surface area contributed by atoms with Gasteiger partial charge in [0.05, 0.1) is 0 Å². The Morgan fingerprint density at radius 2 is 2.17 bits per heavy atom. The number of aromatic nitrogens is 2. The number of hydrogen-bond donors (Lipinski definition) is 0. The fourth-order valence-corrected chi connectivity index (χ4v) is 1.28. The molecule has 2 aromatic heterocycles. The molecule has 2 heterocycles. The highest BCUT2D eigenvalue weighted by Crippen LogP contribution is 2.16. The van der Waals surface area contributed by atoms with Crippen LogP contribution >= 0.6 is 0 Å². The predicted octanol–water partition coefficient (Wildman–Crippen LogP) is 2.09. The highest BCUT2D eigenvalue weighted by molar-refractivity contribution is 5.58. The molecule has 0 spiro atoms. The Labute approximate surface area is 71.5 Å². The van der Waals surface area contributed by atoms with Crippen LogP contribution in [0.25, 0.3) is 11.3 Å². The molecule has 2 nitrogen and oxygen atoms in total. The Morgan fingerprint density at radius 1 is 1.25 bits per heavy atom. The van der Waals surface area contributed by atoms with E-state index in [1.54, 1.807) is 6.20 Å². The first kappa shape index (κ1) is 7.10. The van der Waals surface area contributed by atoms with Crippen molar-refractivity contribution in [1.29, 1.82) is 0 Å². The number of rotatable bonds is 1. The zero-order chi connectivity index (χ0) is 8.39. The fourth-order valence-electron chi connectivity index (χ4n) is 1.28. The summed E-state index contributed by atoms with van der Waals surface area (Å²) in [6.45, 7) is 0. The quantitative estimate of drug-likeness (QED) is 0.621. The summed E-state index contributed by atoms with van der Waals surface area (Å²) >= 11 is 0. The van der Waals surface area contributed by atoms with Gasteiger partial charge in [0.1, 0.15) is 0 Å². The van der Waals surface area contributed by atoms with E-state index in [1.807, 2.05) is 31.6 Å². The first-order valence-electron chi connectivity index (χ1n) is 3.89. The molecule has 0 aliphatic heterocycles. The van der Waals surface area contributed by atoms with E-state index in [0.29, 0.717) is 0 Å². The lowest BCUT2D eigenvalue weighted by atomic mass is 10.2. The van der Waals surface area contributed by atoms with Crippen molar-refractivity contribution in [1.82, 2.24) is 9.55 Å². The van der Waals surface area contributed by atoms with Crippen molar-refractivity contribution in [2.45, 2.75) is 0 Å². The minimum Gasteiger partial charge on any atom is -0.351 e. The van der Waals surface area contributed by atoms with Gasteiger partial charge in [-0.15, -0.1) is 0 Å². The summed E-state index contributed by atoms with van der Waals surface area (Å²) in [5.74, 6) is 0. The molecule has 12 heavy (non-hydrogen) atoms. The molecule has 0 atom stereocenters.